The predicted octanol–water partition coefficient (Wildman–Crippen LogP) is 2.95. The van der Waals surface area contributed by atoms with Gasteiger partial charge in [-0.3, -0.25) is 9.59 Å². The average molecular weight is 342 g/mol. The van der Waals surface area contributed by atoms with Gasteiger partial charge in [0.2, 0.25) is 5.91 Å². The van der Waals surface area contributed by atoms with E-state index in [2.05, 4.69) is 5.32 Å². The quantitative estimate of drug-likeness (QED) is 0.909. The van der Waals surface area contributed by atoms with Gasteiger partial charge in [-0.2, -0.15) is 0 Å². The first-order chi connectivity index (χ1) is 12.0. The van der Waals surface area contributed by atoms with Crippen molar-refractivity contribution in [3.05, 3.63) is 59.4 Å². The summed E-state index contributed by atoms with van der Waals surface area (Å²) >= 11 is 0. The zero-order chi connectivity index (χ0) is 18.0. The van der Waals surface area contributed by atoms with Gasteiger partial charge in [0.05, 0.1) is 18.8 Å². The van der Waals surface area contributed by atoms with Crippen LogP contribution in [0.5, 0.6) is 5.75 Å². The van der Waals surface area contributed by atoms with E-state index in [0.29, 0.717) is 24.5 Å². The Kier molecular flexibility index (Phi) is 4.70. The highest BCUT2D eigenvalue weighted by Crippen LogP contribution is 2.39. The first kappa shape index (κ1) is 17.0. The molecule has 1 atom stereocenters. The Morgan fingerprint density at radius 2 is 1.96 bits per heavy atom. The molecule has 0 radical (unpaired) electrons. The molecule has 2 amide bonds. The molecular formula is C19H19FN2O3. The second kappa shape index (κ2) is 6.93. The molecule has 2 aromatic carbocycles. The Labute approximate surface area is 145 Å². The third-order valence-electron chi connectivity index (χ3n) is 4.03. The lowest BCUT2D eigenvalue weighted by Crippen LogP contribution is -2.36. The first-order valence-electron chi connectivity index (χ1n) is 8.09. The van der Waals surface area contributed by atoms with Crippen molar-refractivity contribution >= 4 is 17.5 Å². The van der Waals surface area contributed by atoms with Gasteiger partial charge in [-0.15, -0.1) is 0 Å². The minimum atomic E-state index is -0.742. The molecule has 2 aromatic rings. The fraction of sp³-hybridized carbons (Fsp3) is 0.263. The second-order valence-corrected chi connectivity index (χ2v) is 5.84. The number of halogens is 1. The minimum absolute atomic E-state index is 0.219. The van der Waals surface area contributed by atoms with Crippen LogP contribution in [-0.2, 0) is 16.1 Å². The second-order valence-electron chi connectivity index (χ2n) is 5.84. The normalized spacial score (nSPS) is 15.9. The summed E-state index contributed by atoms with van der Waals surface area (Å²) in [6.07, 6.45) is 0. The van der Waals surface area contributed by atoms with Gasteiger partial charge < -0.3 is 15.0 Å². The molecule has 1 N–H and O–H groups in total. The molecule has 5 nitrogen and oxygen atoms in total. The van der Waals surface area contributed by atoms with Gasteiger partial charge in [-0.25, -0.2) is 4.39 Å². The molecule has 0 aromatic heterocycles. The summed E-state index contributed by atoms with van der Waals surface area (Å²) in [6, 6.07) is 10.6. The van der Waals surface area contributed by atoms with Crippen molar-refractivity contribution in [2.24, 2.45) is 0 Å². The lowest BCUT2D eigenvalue weighted by Gasteiger charge is -2.18. The number of nitrogens with zero attached hydrogens (tertiary/aromatic N) is 1. The van der Waals surface area contributed by atoms with E-state index in [0.717, 1.165) is 11.3 Å². The van der Waals surface area contributed by atoms with Crippen molar-refractivity contribution in [1.82, 2.24) is 5.32 Å². The Hall–Kier alpha value is -2.89. The van der Waals surface area contributed by atoms with Crippen LogP contribution in [0.25, 0.3) is 0 Å². The Bertz CT molecular complexity index is 805. The number of carbonyl (C=O) groups is 2. The van der Waals surface area contributed by atoms with Crippen molar-refractivity contribution in [3.63, 3.8) is 0 Å². The molecule has 0 saturated heterocycles. The topological polar surface area (TPSA) is 58.6 Å². The Morgan fingerprint density at radius 3 is 2.60 bits per heavy atom. The molecule has 1 heterocycles. The van der Waals surface area contributed by atoms with Gasteiger partial charge in [0, 0.05) is 12.5 Å². The maximum absolute atomic E-state index is 13.1. The number of rotatable bonds is 5. The third-order valence-corrected chi connectivity index (χ3v) is 4.03. The largest absolute Gasteiger partial charge is 0.494 e. The van der Waals surface area contributed by atoms with Crippen LogP contribution in [0.2, 0.25) is 0 Å². The van der Waals surface area contributed by atoms with Crippen molar-refractivity contribution in [2.45, 2.75) is 26.4 Å². The number of carbonyl (C=O) groups excluding carboxylic acids is 2. The standard InChI is InChI=1S/C19H19FN2O3/c1-3-25-15-8-9-17-16(10-15)18(21-12(2)23)19(24)22(17)11-13-4-6-14(20)7-5-13/h4-10,18H,3,11H2,1-2H3,(H,21,23)/t18-/m0/s1. The summed E-state index contributed by atoms with van der Waals surface area (Å²) in [5.41, 5.74) is 2.22. The summed E-state index contributed by atoms with van der Waals surface area (Å²) < 4.78 is 18.6. The molecule has 0 fully saturated rings. The van der Waals surface area contributed by atoms with E-state index < -0.39 is 6.04 Å². The van der Waals surface area contributed by atoms with Crippen molar-refractivity contribution in [1.29, 1.82) is 0 Å². The van der Waals surface area contributed by atoms with Crippen LogP contribution in [-0.4, -0.2) is 18.4 Å². The highest BCUT2D eigenvalue weighted by Gasteiger charge is 2.38. The molecule has 25 heavy (non-hydrogen) atoms. The summed E-state index contributed by atoms with van der Waals surface area (Å²) in [5, 5.41) is 2.70. The zero-order valence-corrected chi connectivity index (χ0v) is 14.1. The van der Waals surface area contributed by atoms with Crippen molar-refractivity contribution < 1.29 is 18.7 Å². The number of ether oxygens (including phenoxy) is 1. The third kappa shape index (κ3) is 3.47. The minimum Gasteiger partial charge on any atom is -0.494 e. The smallest absolute Gasteiger partial charge is 0.254 e. The fourth-order valence-corrected chi connectivity index (χ4v) is 2.95. The molecule has 0 unspecified atom stereocenters. The molecule has 130 valence electrons. The predicted molar refractivity (Wildman–Crippen MR) is 91.8 cm³/mol. The van der Waals surface area contributed by atoms with Crippen LogP contribution in [0.4, 0.5) is 10.1 Å². The number of fused-ring (bicyclic) bond motifs is 1. The van der Waals surface area contributed by atoms with Crippen LogP contribution in [0, 0.1) is 5.82 Å². The van der Waals surface area contributed by atoms with Crippen LogP contribution in [0.1, 0.15) is 31.0 Å². The Morgan fingerprint density at radius 1 is 1.24 bits per heavy atom. The highest BCUT2D eigenvalue weighted by atomic mass is 19.1. The summed E-state index contributed by atoms with van der Waals surface area (Å²) in [7, 11) is 0. The molecule has 0 spiro atoms. The number of hydrogen-bond acceptors (Lipinski definition) is 3. The first-order valence-corrected chi connectivity index (χ1v) is 8.09. The van der Waals surface area contributed by atoms with Gasteiger partial charge in [-0.1, -0.05) is 12.1 Å². The maximum Gasteiger partial charge on any atom is 0.254 e. The molecule has 0 saturated carbocycles. The van der Waals surface area contributed by atoms with Crippen LogP contribution in [0.3, 0.4) is 0 Å². The lowest BCUT2D eigenvalue weighted by atomic mass is 10.1. The molecule has 3 rings (SSSR count). The Balaban J connectivity index is 1.96. The number of hydrogen-bond donors (Lipinski definition) is 1. The zero-order valence-electron chi connectivity index (χ0n) is 14.1. The monoisotopic (exact) mass is 342 g/mol. The highest BCUT2D eigenvalue weighted by molar-refractivity contribution is 6.06. The molecule has 0 bridgehead atoms. The van der Waals surface area contributed by atoms with E-state index in [1.807, 2.05) is 13.0 Å². The summed E-state index contributed by atoms with van der Waals surface area (Å²) in [6.45, 7) is 4.07. The van der Waals surface area contributed by atoms with Crippen LogP contribution >= 0.6 is 0 Å². The fourth-order valence-electron chi connectivity index (χ4n) is 2.95. The average Bonchev–Trinajstić information content (AvgIpc) is 2.82. The van der Waals surface area contributed by atoms with E-state index >= 15 is 0 Å². The number of nitrogens with one attached hydrogen (secondary N) is 1. The summed E-state index contributed by atoms with van der Waals surface area (Å²) in [5.74, 6) is -0.180. The van der Waals surface area contributed by atoms with E-state index in [1.54, 1.807) is 29.2 Å². The molecular weight excluding hydrogens is 323 g/mol. The SMILES string of the molecule is CCOc1ccc2c(c1)[C@H](NC(C)=O)C(=O)N2Cc1ccc(F)cc1. The van der Waals surface area contributed by atoms with Gasteiger partial charge in [0.1, 0.15) is 17.6 Å². The van der Waals surface area contributed by atoms with E-state index in [9.17, 15) is 14.0 Å². The van der Waals surface area contributed by atoms with Gasteiger partial charge in [-0.05, 0) is 42.8 Å². The number of benzene rings is 2. The van der Waals surface area contributed by atoms with Gasteiger partial charge in [0.15, 0.2) is 0 Å². The lowest BCUT2D eigenvalue weighted by molar-refractivity contribution is -0.126. The molecule has 1 aliphatic rings. The molecule has 6 heteroatoms. The van der Waals surface area contributed by atoms with E-state index in [-0.39, 0.29) is 17.6 Å². The molecule has 1 aliphatic heterocycles. The van der Waals surface area contributed by atoms with E-state index in [1.165, 1.54) is 19.1 Å². The number of anilines is 1. The van der Waals surface area contributed by atoms with Gasteiger partial charge >= 0.3 is 0 Å². The molecule has 0 aliphatic carbocycles. The van der Waals surface area contributed by atoms with Crippen molar-refractivity contribution in [3.8, 4) is 5.75 Å². The number of amides is 2. The van der Waals surface area contributed by atoms with Gasteiger partial charge in [0.25, 0.3) is 5.91 Å². The van der Waals surface area contributed by atoms with E-state index in [4.69, 9.17) is 4.74 Å². The van der Waals surface area contributed by atoms with Crippen molar-refractivity contribution in [2.75, 3.05) is 11.5 Å². The maximum atomic E-state index is 13.1. The van der Waals surface area contributed by atoms with Crippen LogP contribution < -0.4 is 15.0 Å². The van der Waals surface area contributed by atoms with Crippen LogP contribution in [0.15, 0.2) is 42.5 Å². The summed E-state index contributed by atoms with van der Waals surface area (Å²) in [4.78, 5) is 25.9.